The molecule has 0 saturated carbocycles. The molecule has 0 aliphatic heterocycles. The van der Waals surface area contributed by atoms with Crippen LogP contribution in [0.3, 0.4) is 0 Å². The van der Waals surface area contributed by atoms with E-state index in [4.69, 9.17) is 0 Å². The topological polar surface area (TPSA) is 24.1 Å². The Morgan fingerprint density at radius 2 is 1.71 bits per heavy atom. The molecule has 0 bridgehead atoms. The Balaban J connectivity index is 2.26. The maximum atomic E-state index is 3.51. The van der Waals surface area contributed by atoms with Crippen LogP contribution in [-0.2, 0) is 5.41 Å². The van der Waals surface area contributed by atoms with Crippen LogP contribution in [0.5, 0.6) is 0 Å². The monoisotopic (exact) mass is 234 g/mol. The lowest BCUT2D eigenvalue weighted by molar-refractivity contribution is 0.455. The summed E-state index contributed by atoms with van der Waals surface area (Å²) in [4.78, 5) is 0. The van der Waals surface area contributed by atoms with Crippen molar-refractivity contribution in [3.05, 3.63) is 35.9 Å². The summed E-state index contributed by atoms with van der Waals surface area (Å²) in [6.45, 7) is 7.92. The quantitative estimate of drug-likeness (QED) is 0.676. The zero-order valence-electron chi connectivity index (χ0n) is 11.4. The second-order valence-corrected chi connectivity index (χ2v) is 5.21. The summed E-state index contributed by atoms with van der Waals surface area (Å²) in [5, 5.41) is 6.67. The Morgan fingerprint density at radius 1 is 1.00 bits per heavy atom. The number of rotatable bonds is 8. The first-order chi connectivity index (χ1) is 8.17. The van der Waals surface area contributed by atoms with Crippen LogP contribution in [0, 0.1) is 0 Å². The summed E-state index contributed by atoms with van der Waals surface area (Å²) in [5.41, 5.74) is 1.69. The molecule has 96 valence electrons. The molecule has 0 aliphatic rings. The van der Waals surface area contributed by atoms with Crippen molar-refractivity contribution < 1.29 is 0 Å². The van der Waals surface area contributed by atoms with Gasteiger partial charge in [-0.15, -0.1) is 0 Å². The Morgan fingerprint density at radius 3 is 2.35 bits per heavy atom. The van der Waals surface area contributed by atoms with E-state index in [1.807, 2.05) is 7.05 Å². The van der Waals surface area contributed by atoms with Crippen LogP contribution in [0.2, 0.25) is 0 Å². The smallest absolute Gasteiger partial charge is 0.00368 e. The second-order valence-electron chi connectivity index (χ2n) is 5.21. The van der Waals surface area contributed by atoms with Gasteiger partial charge in [0.15, 0.2) is 0 Å². The van der Waals surface area contributed by atoms with Gasteiger partial charge in [-0.25, -0.2) is 0 Å². The van der Waals surface area contributed by atoms with Crippen molar-refractivity contribution in [2.24, 2.45) is 0 Å². The normalized spacial score (nSPS) is 11.7. The van der Waals surface area contributed by atoms with Gasteiger partial charge in [-0.3, -0.25) is 0 Å². The lowest BCUT2D eigenvalue weighted by Gasteiger charge is -2.25. The molecule has 2 heteroatoms. The molecular weight excluding hydrogens is 208 g/mol. The lowest BCUT2D eigenvalue weighted by atomic mass is 9.81. The standard InChI is InChI=1S/C15H26N2/c1-15(2,14-8-5-4-6-9-14)10-13-17-12-7-11-16-3/h4-6,8-9,16-17H,7,10-13H2,1-3H3. The molecule has 2 N–H and O–H groups in total. The lowest BCUT2D eigenvalue weighted by Crippen LogP contribution is -2.27. The minimum atomic E-state index is 0.261. The van der Waals surface area contributed by atoms with Gasteiger partial charge in [-0.1, -0.05) is 44.2 Å². The Hall–Kier alpha value is -0.860. The van der Waals surface area contributed by atoms with Crippen molar-refractivity contribution in [1.29, 1.82) is 0 Å². The van der Waals surface area contributed by atoms with Gasteiger partial charge in [0.1, 0.15) is 0 Å². The van der Waals surface area contributed by atoms with Gasteiger partial charge in [-0.2, -0.15) is 0 Å². The van der Waals surface area contributed by atoms with Gasteiger partial charge < -0.3 is 10.6 Å². The van der Waals surface area contributed by atoms with Crippen molar-refractivity contribution in [2.45, 2.75) is 32.1 Å². The minimum Gasteiger partial charge on any atom is -0.320 e. The summed E-state index contributed by atoms with van der Waals surface area (Å²) in [6, 6.07) is 10.8. The predicted molar refractivity (Wildman–Crippen MR) is 75.5 cm³/mol. The van der Waals surface area contributed by atoms with Gasteiger partial charge in [0.05, 0.1) is 0 Å². The molecule has 0 radical (unpaired) electrons. The molecule has 0 unspecified atom stereocenters. The van der Waals surface area contributed by atoms with E-state index < -0.39 is 0 Å². The zero-order chi connectivity index (χ0) is 12.6. The fourth-order valence-electron chi connectivity index (χ4n) is 1.95. The first-order valence-corrected chi connectivity index (χ1v) is 6.57. The summed E-state index contributed by atoms with van der Waals surface area (Å²) >= 11 is 0. The van der Waals surface area contributed by atoms with Crippen LogP contribution in [0.15, 0.2) is 30.3 Å². The Bertz CT molecular complexity index is 293. The van der Waals surface area contributed by atoms with E-state index in [0.717, 1.165) is 19.6 Å². The second kappa shape index (κ2) is 7.46. The number of hydrogen-bond donors (Lipinski definition) is 2. The summed E-state index contributed by atoms with van der Waals surface area (Å²) in [7, 11) is 2.00. The van der Waals surface area contributed by atoms with E-state index in [1.165, 1.54) is 18.4 Å². The SMILES string of the molecule is CNCCCNCCC(C)(C)c1ccccc1. The highest BCUT2D eigenvalue weighted by atomic mass is 14.9. The van der Waals surface area contributed by atoms with Crippen molar-refractivity contribution in [3.63, 3.8) is 0 Å². The average molecular weight is 234 g/mol. The highest BCUT2D eigenvalue weighted by molar-refractivity contribution is 5.23. The molecule has 2 nitrogen and oxygen atoms in total. The predicted octanol–water partition coefficient (Wildman–Crippen LogP) is 2.55. The molecule has 0 saturated heterocycles. The van der Waals surface area contributed by atoms with E-state index in [9.17, 15) is 0 Å². The highest BCUT2D eigenvalue weighted by Crippen LogP contribution is 2.25. The van der Waals surface area contributed by atoms with Gasteiger partial charge >= 0.3 is 0 Å². The van der Waals surface area contributed by atoms with Crippen molar-refractivity contribution in [3.8, 4) is 0 Å². The number of benzene rings is 1. The third kappa shape index (κ3) is 5.33. The van der Waals surface area contributed by atoms with Crippen LogP contribution in [0.25, 0.3) is 0 Å². The molecule has 0 aromatic heterocycles. The minimum absolute atomic E-state index is 0.261. The van der Waals surface area contributed by atoms with Gasteiger partial charge in [0.25, 0.3) is 0 Å². The van der Waals surface area contributed by atoms with E-state index >= 15 is 0 Å². The molecule has 0 spiro atoms. The van der Waals surface area contributed by atoms with Crippen molar-refractivity contribution in [2.75, 3.05) is 26.7 Å². The third-order valence-electron chi connectivity index (χ3n) is 3.26. The van der Waals surface area contributed by atoms with E-state index in [0.29, 0.717) is 0 Å². The fraction of sp³-hybridized carbons (Fsp3) is 0.600. The fourth-order valence-corrected chi connectivity index (χ4v) is 1.95. The zero-order valence-corrected chi connectivity index (χ0v) is 11.4. The average Bonchev–Trinajstić information content (AvgIpc) is 2.35. The highest BCUT2D eigenvalue weighted by Gasteiger charge is 2.19. The molecule has 1 aromatic rings. The van der Waals surface area contributed by atoms with Gasteiger partial charge in [-0.05, 0) is 50.5 Å². The van der Waals surface area contributed by atoms with Gasteiger partial charge in [0.2, 0.25) is 0 Å². The van der Waals surface area contributed by atoms with Crippen molar-refractivity contribution >= 4 is 0 Å². The first kappa shape index (κ1) is 14.2. The summed E-state index contributed by atoms with van der Waals surface area (Å²) < 4.78 is 0. The van der Waals surface area contributed by atoms with E-state index in [2.05, 4.69) is 54.8 Å². The largest absolute Gasteiger partial charge is 0.320 e. The molecule has 0 amide bonds. The number of nitrogens with one attached hydrogen (secondary N) is 2. The van der Waals surface area contributed by atoms with Crippen LogP contribution in [0.1, 0.15) is 32.3 Å². The maximum Gasteiger partial charge on any atom is -0.00368 e. The van der Waals surface area contributed by atoms with Crippen LogP contribution < -0.4 is 10.6 Å². The molecule has 0 fully saturated rings. The molecule has 0 heterocycles. The maximum absolute atomic E-state index is 3.51. The van der Waals surface area contributed by atoms with E-state index in [1.54, 1.807) is 0 Å². The van der Waals surface area contributed by atoms with Gasteiger partial charge in [0, 0.05) is 0 Å². The summed E-state index contributed by atoms with van der Waals surface area (Å²) in [6.07, 6.45) is 2.37. The van der Waals surface area contributed by atoms with Crippen molar-refractivity contribution in [1.82, 2.24) is 10.6 Å². The summed E-state index contributed by atoms with van der Waals surface area (Å²) in [5.74, 6) is 0. The molecule has 17 heavy (non-hydrogen) atoms. The van der Waals surface area contributed by atoms with Crippen LogP contribution in [-0.4, -0.2) is 26.7 Å². The molecule has 0 atom stereocenters. The van der Waals surface area contributed by atoms with E-state index in [-0.39, 0.29) is 5.41 Å². The third-order valence-corrected chi connectivity index (χ3v) is 3.26. The van der Waals surface area contributed by atoms with Crippen LogP contribution >= 0.6 is 0 Å². The van der Waals surface area contributed by atoms with Crippen LogP contribution in [0.4, 0.5) is 0 Å². The Kier molecular flexibility index (Phi) is 6.23. The Labute approximate surface area is 106 Å². The molecule has 1 aromatic carbocycles. The first-order valence-electron chi connectivity index (χ1n) is 6.57. The number of hydrogen-bond acceptors (Lipinski definition) is 2. The molecule has 0 aliphatic carbocycles. The molecule has 1 rings (SSSR count). The molecular formula is C15H26N2.